The first-order valence-electron chi connectivity index (χ1n) is 7.19. The van der Waals surface area contributed by atoms with Crippen LogP contribution in [0.15, 0.2) is 29.2 Å². The number of benzene rings is 1. The van der Waals surface area contributed by atoms with Gasteiger partial charge in [0.1, 0.15) is 4.90 Å². The van der Waals surface area contributed by atoms with E-state index in [9.17, 15) is 18.5 Å². The highest BCUT2D eigenvalue weighted by Gasteiger charge is 2.40. The molecule has 7 heteroatoms. The smallest absolute Gasteiger partial charge is 0.287 e. The van der Waals surface area contributed by atoms with Crippen LogP contribution in [0.2, 0.25) is 0 Å². The molecule has 1 saturated carbocycles. The van der Waals surface area contributed by atoms with Crippen LogP contribution in [-0.4, -0.2) is 31.2 Å². The Hall–Kier alpha value is -1.47. The van der Waals surface area contributed by atoms with E-state index in [2.05, 4.69) is 5.32 Å². The minimum atomic E-state index is -3.70. The van der Waals surface area contributed by atoms with Crippen LogP contribution in [0.3, 0.4) is 0 Å². The Morgan fingerprint density at radius 1 is 1.33 bits per heavy atom. The molecule has 2 unspecified atom stereocenters. The quantitative estimate of drug-likeness (QED) is 0.643. The van der Waals surface area contributed by atoms with E-state index in [4.69, 9.17) is 0 Å². The van der Waals surface area contributed by atoms with Gasteiger partial charge in [-0.05, 0) is 31.9 Å². The summed E-state index contributed by atoms with van der Waals surface area (Å²) in [6, 6.07) is 5.48. The average Bonchev–Trinajstić information content (AvgIpc) is 2.94. The Bertz CT molecular complexity index is 615. The Morgan fingerprint density at radius 3 is 2.71 bits per heavy atom. The van der Waals surface area contributed by atoms with Gasteiger partial charge in [0, 0.05) is 12.1 Å². The first kappa shape index (κ1) is 15.9. The van der Waals surface area contributed by atoms with Crippen molar-refractivity contribution in [3.05, 3.63) is 34.4 Å². The molecule has 1 N–H and O–H groups in total. The number of hydrogen-bond acceptors (Lipinski definition) is 5. The summed E-state index contributed by atoms with van der Waals surface area (Å²) in [5, 5.41) is 13.7. The molecule has 0 spiro atoms. The standard InChI is InChI=1S/C14H20N2O4S/c1-2-10-15-11-6-5-9-13(11)21(19,20)14-8-4-3-7-12(14)16(17)18/h3-4,7-8,11,13,15H,2,5-6,9-10H2,1H3. The molecule has 0 amide bonds. The van der Waals surface area contributed by atoms with Gasteiger partial charge in [-0.1, -0.05) is 25.5 Å². The van der Waals surface area contributed by atoms with E-state index >= 15 is 0 Å². The molecule has 1 fully saturated rings. The van der Waals surface area contributed by atoms with Crippen LogP contribution in [0.4, 0.5) is 5.69 Å². The molecule has 1 aromatic rings. The monoisotopic (exact) mass is 312 g/mol. The fourth-order valence-electron chi connectivity index (χ4n) is 2.87. The van der Waals surface area contributed by atoms with Gasteiger partial charge in [-0.15, -0.1) is 0 Å². The molecular formula is C14H20N2O4S. The third-order valence-corrected chi connectivity index (χ3v) is 6.20. The summed E-state index contributed by atoms with van der Waals surface area (Å²) in [7, 11) is -3.70. The van der Waals surface area contributed by atoms with E-state index in [-0.39, 0.29) is 16.6 Å². The van der Waals surface area contributed by atoms with Gasteiger partial charge in [-0.3, -0.25) is 10.1 Å². The molecule has 6 nitrogen and oxygen atoms in total. The molecule has 116 valence electrons. The highest BCUT2D eigenvalue weighted by atomic mass is 32.2. The first-order chi connectivity index (χ1) is 9.98. The predicted molar refractivity (Wildman–Crippen MR) is 80.0 cm³/mol. The van der Waals surface area contributed by atoms with E-state index in [1.54, 1.807) is 0 Å². The average molecular weight is 312 g/mol. The van der Waals surface area contributed by atoms with Crippen LogP contribution < -0.4 is 5.32 Å². The number of hydrogen-bond donors (Lipinski definition) is 1. The van der Waals surface area contributed by atoms with Crippen LogP contribution in [0.25, 0.3) is 0 Å². The van der Waals surface area contributed by atoms with Gasteiger partial charge in [0.2, 0.25) is 0 Å². The molecule has 0 aromatic heterocycles. The maximum Gasteiger partial charge on any atom is 0.287 e. The van der Waals surface area contributed by atoms with Gasteiger partial charge < -0.3 is 5.32 Å². The second kappa shape index (κ2) is 6.53. The highest BCUT2D eigenvalue weighted by Crippen LogP contribution is 2.34. The molecule has 21 heavy (non-hydrogen) atoms. The van der Waals surface area contributed by atoms with Gasteiger partial charge in [0.25, 0.3) is 5.69 Å². The molecule has 0 aliphatic heterocycles. The molecular weight excluding hydrogens is 292 g/mol. The fraction of sp³-hybridized carbons (Fsp3) is 0.571. The van der Waals surface area contributed by atoms with Gasteiger partial charge in [0.05, 0.1) is 10.2 Å². The van der Waals surface area contributed by atoms with E-state index in [1.165, 1.54) is 24.3 Å². The maximum atomic E-state index is 12.8. The zero-order valence-electron chi connectivity index (χ0n) is 12.0. The van der Waals surface area contributed by atoms with Crippen molar-refractivity contribution < 1.29 is 13.3 Å². The van der Waals surface area contributed by atoms with Crippen molar-refractivity contribution in [2.24, 2.45) is 0 Å². The number of nitro benzene ring substituents is 1. The van der Waals surface area contributed by atoms with Crippen molar-refractivity contribution in [3.8, 4) is 0 Å². The molecule has 1 aliphatic carbocycles. The van der Waals surface area contributed by atoms with Gasteiger partial charge in [-0.25, -0.2) is 8.42 Å². The van der Waals surface area contributed by atoms with Crippen molar-refractivity contribution in [3.63, 3.8) is 0 Å². The summed E-state index contributed by atoms with van der Waals surface area (Å²) in [5.74, 6) is 0. The SMILES string of the molecule is CCCNC1CCCC1S(=O)(=O)c1ccccc1[N+](=O)[O-]. The van der Waals surface area contributed by atoms with E-state index in [1.807, 2.05) is 6.92 Å². The topological polar surface area (TPSA) is 89.3 Å². The third kappa shape index (κ3) is 3.24. The number of rotatable bonds is 6. The Balaban J connectivity index is 2.36. The van der Waals surface area contributed by atoms with Gasteiger partial charge >= 0.3 is 0 Å². The number of para-hydroxylation sites is 1. The lowest BCUT2D eigenvalue weighted by Gasteiger charge is -2.21. The molecule has 2 atom stereocenters. The molecule has 0 heterocycles. The second-order valence-corrected chi connectivity index (χ2v) is 7.44. The number of sulfone groups is 1. The van der Waals surface area contributed by atoms with Gasteiger partial charge in [-0.2, -0.15) is 0 Å². The Kier molecular flexibility index (Phi) is 4.95. The maximum absolute atomic E-state index is 12.8. The molecule has 0 saturated heterocycles. The fourth-order valence-corrected chi connectivity index (χ4v) is 5.04. The summed E-state index contributed by atoms with van der Waals surface area (Å²) in [5.41, 5.74) is -0.335. The number of nitrogens with one attached hydrogen (secondary N) is 1. The lowest BCUT2D eigenvalue weighted by atomic mass is 10.2. The zero-order valence-corrected chi connectivity index (χ0v) is 12.8. The summed E-state index contributed by atoms with van der Waals surface area (Å²) < 4.78 is 25.6. The van der Waals surface area contributed by atoms with Crippen LogP contribution in [-0.2, 0) is 9.84 Å². The van der Waals surface area contributed by atoms with E-state index in [0.29, 0.717) is 6.42 Å². The summed E-state index contributed by atoms with van der Waals surface area (Å²) in [6.07, 6.45) is 3.10. The highest BCUT2D eigenvalue weighted by molar-refractivity contribution is 7.92. The predicted octanol–water partition coefficient (Wildman–Crippen LogP) is 2.29. The molecule has 1 aromatic carbocycles. The number of nitro groups is 1. The van der Waals surface area contributed by atoms with E-state index < -0.39 is 20.0 Å². The largest absolute Gasteiger partial charge is 0.313 e. The van der Waals surface area contributed by atoms with Crippen molar-refractivity contribution in [2.45, 2.75) is 48.8 Å². The summed E-state index contributed by atoms with van der Waals surface area (Å²) in [4.78, 5) is 10.3. The number of nitrogens with zero attached hydrogens (tertiary/aromatic N) is 1. The Morgan fingerprint density at radius 2 is 2.05 bits per heavy atom. The lowest BCUT2D eigenvalue weighted by Crippen LogP contribution is -2.40. The van der Waals surface area contributed by atoms with Crippen LogP contribution in [0.5, 0.6) is 0 Å². The van der Waals surface area contributed by atoms with Crippen molar-refractivity contribution >= 4 is 15.5 Å². The second-order valence-electron chi connectivity index (χ2n) is 5.30. The molecule has 2 rings (SSSR count). The van der Waals surface area contributed by atoms with Crippen LogP contribution in [0.1, 0.15) is 32.6 Å². The zero-order chi connectivity index (χ0) is 15.5. The van der Waals surface area contributed by atoms with Crippen molar-refractivity contribution in [2.75, 3.05) is 6.54 Å². The lowest BCUT2D eigenvalue weighted by molar-refractivity contribution is -0.387. The summed E-state index contributed by atoms with van der Waals surface area (Å²) in [6.45, 7) is 2.78. The Labute approximate surface area is 124 Å². The molecule has 1 aliphatic rings. The van der Waals surface area contributed by atoms with E-state index in [0.717, 1.165) is 25.8 Å². The normalized spacial score (nSPS) is 22.3. The minimum Gasteiger partial charge on any atom is -0.313 e. The minimum absolute atomic E-state index is 0.116. The first-order valence-corrected chi connectivity index (χ1v) is 8.73. The van der Waals surface area contributed by atoms with Crippen molar-refractivity contribution in [1.29, 1.82) is 0 Å². The molecule has 0 radical (unpaired) electrons. The van der Waals surface area contributed by atoms with Crippen molar-refractivity contribution in [1.82, 2.24) is 5.32 Å². The van der Waals surface area contributed by atoms with Crippen LogP contribution >= 0.6 is 0 Å². The third-order valence-electron chi connectivity index (χ3n) is 3.88. The van der Waals surface area contributed by atoms with Crippen LogP contribution in [0, 0.1) is 10.1 Å². The molecule has 0 bridgehead atoms. The summed E-state index contributed by atoms with van der Waals surface area (Å²) >= 11 is 0. The van der Waals surface area contributed by atoms with Gasteiger partial charge in [0.15, 0.2) is 9.84 Å².